The van der Waals surface area contributed by atoms with Crippen molar-refractivity contribution in [2.75, 3.05) is 6.54 Å². The monoisotopic (exact) mass is 360 g/mol. The molecule has 0 saturated carbocycles. The molecule has 5 heteroatoms. The van der Waals surface area contributed by atoms with Gasteiger partial charge in [0.25, 0.3) is 0 Å². The molecule has 1 heterocycles. The average molecular weight is 361 g/mol. The Morgan fingerprint density at radius 3 is 2.50 bits per heavy atom. The van der Waals surface area contributed by atoms with Gasteiger partial charge in [-0.05, 0) is 12.8 Å². The standard InChI is InChI=1S/C11H15N2O.2Rb/c1-4-6-10-9(5-2)12-7-8(3)11(14)13-10;;/h4-6,8H,2,7H2,1,3H3,(H,13,14);;/q-1;2*+1/p-1/b6-4-;;. The van der Waals surface area contributed by atoms with E-state index >= 15 is 0 Å². The third kappa shape index (κ3) is 6.32. The van der Waals surface area contributed by atoms with Gasteiger partial charge in [0.15, 0.2) is 0 Å². The second-order valence-electron chi connectivity index (χ2n) is 3.17. The van der Waals surface area contributed by atoms with Crippen molar-refractivity contribution in [3.05, 3.63) is 46.8 Å². The number of hydrogen-bond donors (Lipinski definition) is 0. The number of carbonyl (C=O) groups is 1. The summed E-state index contributed by atoms with van der Waals surface area (Å²) in [5.41, 5.74) is 1.30. The maximum atomic E-state index is 11.4. The Bertz CT molecular complexity index is 311. The number of amides is 1. The molecule has 0 fully saturated rings. The fraction of sp³-hybridized carbons (Fsp3) is 0.364. The number of rotatable bonds is 2. The van der Waals surface area contributed by atoms with Gasteiger partial charge in [-0.25, -0.2) is 0 Å². The van der Waals surface area contributed by atoms with Gasteiger partial charge in [0.1, 0.15) is 0 Å². The molecule has 0 aromatic heterocycles. The van der Waals surface area contributed by atoms with E-state index in [9.17, 15) is 4.79 Å². The Labute approximate surface area is 195 Å². The molecule has 1 aliphatic heterocycles. The molecule has 0 saturated heterocycles. The molecular weight excluding hydrogens is 347 g/mol. The van der Waals surface area contributed by atoms with Gasteiger partial charge < -0.3 is 15.4 Å². The van der Waals surface area contributed by atoms with Crippen molar-refractivity contribution in [1.29, 1.82) is 0 Å². The van der Waals surface area contributed by atoms with E-state index in [1.807, 2.05) is 19.9 Å². The Morgan fingerprint density at radius 2 is 2.00 bits per heavy atom. The molecular formula is C11H14N2ORb2. The molecule has 1 unspecified atom stereocenters. The first kappa shape index (κ1) is 20.4. The normalized spacial score (nSPS) is 20.1. The quantitative estimate of drug-likeness (QED) is 0.514. The number of hydrogen-bond acceptors (Lipinski definition) is 1. The largest absolute Gasteiger partial charge is 1.00 e. The van der Waals surface area contributed by atoms with Crippen LogP contribution >= 0.6 is 0 Å². The van der Waals surface area contributed by atoms with E-state index < -0.39 is 0 Å². The van der Waals surface area contributed by atoms with Gasteiger partial charge in [-0.2, -0.15) is 5.70 Å². The molecule has 0 aromatic carbocycles. The van der Waals surface area contributed by atoms with Gasteiger partial charge in [-0.1, -0.05) is 25.2 Å². The summed E-state index contributed by atoms with van der Waals surface area (Å²) in [6.45, 7) is 7.85. The summed E-state index contributed by atoms with van der Waals surface area (Å²) in [7, 11) is 0. The van der Waals surface area contributed by atoms with Crippen LogP contribution in [0.1, 0.15) is 13.8 Å². The van der Waals surface area contributed by atoms with E-state index in [-0.39, 0.29) is 128 Å². The van der Waals surface area contributed by atoms with Crippen molar-refractivity contribution in [2.24, 2.45) is 5.92 Å². The summed E-state index contributed by atoms with van der Waals surface area (Å²) in [4.78, 5) is 11.4. The second-order valence-corrected chi connectivity index (χ2v) is 3.17. The van der Waals surface area contributed by atoms with Crippen LogP contribution in [0, 0.1) is 5.92 Å². The zero-order chi connectivity index (χ0) is 10.6. The van der Waals surface area contributed by atoms with Gasteiger partial charge in [0.2, 0.25) is 0 Å². The van der Waals surface area contributed by atoms with Crippen molar-refractivity contribution < 1.29 is 121 Å². The smallest absolute Gasteiger partial charge is 0.685 e. The summed E-state index contributed by atoms with van der Waals surface area (Å²) in [5.74, 6) is -0.244. The van der Waals surface area contributed by atoms with Crippen LogP contribution in [0.2, 0.25) is 0 Å². The number of nitrogens with zero attached hydrogens (tertiary/aromatic N) is 2. The van der Waals surface area contributed by atoms with Crippen LogP contribution < -0.4 is 116 Å². The minimum atomic E-state index is -0.132. The summed E-state index contributed by atoms with van der Waals surface area (Å²) < 4.78 is 0. The Kier molecular flexibility index (Phi) is 14.0. The van der Waals surface area contributed by atoms with Crippen LogP contribution in [0.15, 0.2) is 36.2 Å². The summed E-state index contributed by atoms with van der Waals surface area (Å²) in [6.07, 6.45) is 5.24. The van der Waals surface area contributed by atoms with Crippen LogP contribution in [0.4, 0.5) is 0 Å². The summed E-state index contributed by atoms with van der Waals surface area (Å²) in [6, 6.07) is 0. The molecule has 76 valence electrons. The summed E-state index contributed by atoms with van der Waals surface area (Å²) >= 11 is 0. The van der Waals surface area contributed by atoms with E-state index in [4.69, 9.17) is 0 Å². The zero-order valence-electron chi connectivity index (χ0n) is 10.5. The van der Waals surface area contributed by atoms with Crippen molar-refractivity contribution in [2.45, 2.75) is 13.8 Å². The topological polar surface area (TPSA) is 45.3 Å². The molecule has 0 aromatic rings. The minimum absolute atomic E-state index is 0. The van der Waals surface area contributed by atoms with Crippen LogP contribution in [-0.2, 0) is 4.79 Å². The molecule has 3 nitrogen and oxygen atoms in total. The third-order valence-corrected chi connectivity index (χ3v) is 1.97. The molecule has 0 spiro atoms. The molecule has 0 aliphatic carbocycles. The Hall–Kier alpha value is 2.10. The average Bonchev–Trinajstić information content (AvgIpc) is 2.29. The first-order valence-corrected chi connectivity index (χ1v) is 4.61. The Morgan fingerprint density at radius 1 is 1.38 bits per heavy atom. The molecule has 1 atom stereocenters. The maximum absolute atomic E-state index is 11.4. The molecule has 16 heavy (non-hydrogen) atoms. The first-order chi connectivity index (χ1) is 6.69. The van der Waals surface area contributed by atoms with Crippen LogP contribution in [0.25, 0.3) is 10.6 Å². The minimum Gasteiger partial charge on any atom is -0.685 e. The SMILES string of the molecule is C=CC1=C(/C=C\C)[N-]C(=O)C(C)C[N-]1.[Rb+].[Rb+]. The van der Waals surface area contributed by atoms with Crippen LogP contribution in [-0.4, -0.2) is 12.5 Å². The van der Waals surface area contributed by atoms with E-state index in [2.05, 4.69) is 17.2 Å². The molecule has 1 amide bonds. The Balaban J connectivity index is 0. The fourth-order valence-electron chi connectivity index (χ4n) is 1.13. The van der Waals surface area contributed by atoms with E-state index in [1.54, 1.807) is 12.2 Å². The van der Waals surface area contributed by atoms with Crippen molar-refractivity contribution in [3.63, 3.8) is 0 Å². The zero-order valence-corrected chi connectivity index (χ0v) is 20.4. The van der Waals surface area contributed by atoms with Crippen LogP contribution in [0.3, 0.4) is 0 Å². The van der Waals surface area contributed by atoms with Gasteiger partial charge in [0, 0.05) is 0 Å². The molecule has 0 bridgehead atoms. The summed E-state index contributed by atoms with van der Waals surface area (Å²) in [5, 5.41) is 8.26. The molecule has 0 N–H and O–H groups in total. The van der Waals surface area contributed by atoms with Gasteiger partial charge in [0.05, 0.1) is 5.91 Å². The van der Waals surface area contributed by atoms with Gasteiger partial charge in [-0.3, -0.25) is 0 Å². The predicted octanol–water partition coefficient (Wildman–Crippen LogP) is -3.11. The van der Waals surface area contributed by atoms with Gasteiger partial charge >= 0.3 is 116 Å². The van der Waals surface area contributed by atoms with E-state index in [0.717, 1.165) is 0 Å². The van der Waals surface area contributed by atoms with E-state index in [0.29, 0.717) is 17.9 Å². The number of allylic oxidation sites excluding steroid dienone is 3. The first-order valence-electron chi connectivity index (χ1n) is 4.61. The van der Waals surface area contributed by atoms with Crippen molar-refractivity contribution in [3.8, 4) is 0 Å². The second kappa shape index (κ2) is 11.0. The number of carbonyl (C=O) groups excluding carboxylic acids is 1. The third-order valence-electron chi connectivity index (χ3n) is 1.97. The van der Waals surface area contributed by atoms with Crippen LogP contribution in [0.5, 0.6) is 0 Å². The van der Waals surface area contributed by atoms with Gasteiger partial charge in [-0.15, -0.1) is 18.8 Å². The molecule has 0 radical (unpaired) electrons. The maximum Gasteiger partial charge on any atom is 1.00 e. The van der Waals surface area contributed by atoms with Crippen molar-refractivity contribution >= 4 is 5.91 Å². The predicted molar refractivity (Wildman–Crippen MR) is 57.8 cm³/mol. The molecule has 1 aliphatic rings. The van der Waals surface area contributed by atoms with Crippen molar-refractivity contribution in [1.82, 2.24) is 0 Å². The molecule has 1 rings (SSSR count). The fourth-order valence-corrected chi connectivity index (χ4v) is 1.13. The van der Waals surface area contributed by atoms with E-state index in [1.165, 1.54) is 0 Å².